The van der Waals surface area contributed by atoms with Crippen LogP contribution in [0.25, 0.3) is 0 Å². The number of hydrogen-bond acceptors (Lipinski definition) is 4. The Morgan fingerprint density at radius 2 is 1.74 bits per heavy atom. The smallest absolute Gasteiger partial charge is 0.242 e. The Balaban J connectivity index is 2.19. The monoisotopic (exact) mass is 529 g/mol. The van der Waals surface area contributed by atoms with E-state index in [1.54, 1.807) is 31.2 Å². The largest absolute Gasteiger partial charge is 0.352 e. The van der Waals surface area contributed by atoms with E-state index in [2.05, 4.69) is 5.32 Å². The van der Waals surface area contributed by atoms with E-state index in [0.717, 1.165) is 34.3 Å². The third-order valence-corrected chi connectivity index (χ3v) is 6.61. The Morgan fingerprint density at radius 1 is 1.06 bits per heavy atom. The zero-order valence-electron chi connectivity index (χ0n) is 20.1. The van der Waals surface area contributed by atoms with E-state index in [1.807, 2.05) is 13.8 Å². The first-order valence-electron chi connectivity index (χ1n) is 11.1. The molecule has 1 atom stereocenters. The molecule has 2 aromatic rings. The molecule has 0 saturated carbocycles. The van der Waals surface area contributed by atoms with Crippen molar-refractivity contribution in [1.29, 1.82) is 0 Å². The summed E-state index contributed by atoms with van der Waals surface area (Å²) in [7, 11) is -3.82. The van der Waals surface area contributed by atoms with E-state index < -0.39 is 27.7 Å². The van der Waals surface area contributed by atoms with Crippen LogP contribution in [0.4, 0.5) is 14.5 Å². The highest BCUT2D eigenvalue weighted by Crippen LogP contribution is 2.22. The van der Waals surface area contributed by atoms with Crippen molar-refractivity contribution in [1.82, 2.24) is 10.2 Å². The third-order valence-electron chi connectivity index (χ3n) is 5.18. The lowest BCUT2D eigenvalue weighted by molar-refractivity contribution is -0.140. The van der Waals surface area contributed by atoms with Crippen LogP contribution in [-0.2, 0) is 26.2 Å². The van der Waals surface area contributed by atoms with Gasteiger partial charge >= 0.3 is 0 Å². The maximum absolute atomic E-state index is 13.7. The molecule has 0 unspecified atom stereocenters. The zero-order valence-corrected chi connectivity index (χ0v) is 21.7. The van der Waals surface area contributed by atoms with E-state index in [-0.39, 0.29) is 49.5 Å². The molecule has 2 rings (SSSR count). The molecule has 11 heteroatoms. The summed E-state index contributed by atoms with van der Waals surface area (Å²) in [4.78, 5) is 27.2. The maximum atomic E-state index is 13.7. The molecule has 0 aliphatic carbocycles. The quantitative estimate of drug-likeness (QED) is 0.474. The fourth-order valence-electron chi connectivity index (χ4n) is 3.46. The summed E-state index contributed by atoms with van der Waals surface area (Å²) in [6, 6.07) is 8.81. The number of halogens is 3. The molecule has 0 radical (unpaired) electrons. The van der Waals surface area contributed by atoms with E-state index in [0.29, 0.717) is 5.02 Å². The van der Waals surface area contributed by atoms with Crippen molar-refractivity contribution in [2.45, 2.75) is 52.2 Å². The lowest BCUT2D eigenvalue weighted by atomic mass is 10.1. The zero-order chi connectivity index (χ0) is 26.3. The van der Waals surface area contributed by atoms with Gasteiger partial charge in [-0.15, -0.1) is 0 Å². The van der Waals surface area contributed by atoms with Crippen molar-refractivity contribution < 1.29 is 26.8 Å². The average Bonchev–Trinajstić information content (AvgIpc) is 2.75. The van der Waals surface area contributed by atoms with E-state index in [4.69, 9.17) is 11.6 Å². The Bertz CT molecular complexity index is 1160. The summed E-state index contributed by atoms with van der Waals surface area (Å²) in [6.07, 6.45) is 0.963. The van der Waals surface area contributed by atoms with Crippen LogP contribution in [0.5, 0.6) is 0 Å². The molecule has 35 heavy (non-hydrogen) atoms. The van der Waals surface area contributed by atoms with Gasteiger partial charge in [-0.25, -0.2) is 17.2 Å². The predicted molar refractivity (Wildman–Crippen MR) is 133 cm³/mol. The number of anilines is 1. The number of nitrogens with one attached hydrogen (secondary N) is 1. The standard InChI is InChI=1S/C24H30ClF2N3O4S/c1-16(2)28-24(32)17(3)29(15-18-7-5-8-19(25)13-18)23(31)9-6-12-30(35(4,33)34)20-10-11-21(26)22(27)14-20/h5,7-8,10-11,13-14,16-17H,6,9,12,15H2,1-4H3,(H,28,32)/t17-/m1/s1. The minimum atomic E-state index is -3.82. The van der Waals surface area contributed by atoms with Crippen molar-refractivity contribution in [3.63, 3.8) is 0 Å². The number of hydrogen-bond donors (Lipinski definition) is 1. The fraction of sp³-hybridized carbons (Fsp3) is 0.417. The maximum Gasteiger partial charge on any atom is 0.242 e. The Hall–Kier alpha value is -2.72. The van der Waals surface area contributed by atoms with Gasteiger partial charge in [0.2, 0.25) is 21.8 Å². The number of amides is 2. The van der Waals surface area contributed by atoms with Gasteiger partial charge in [-0.3, -0.25) is 13.9 Å². The summed E-state index contributed by atoms with van der Waals surface area (Å²) < 4.78 is 52.4. The van der Waals surface area contributed by atoms with Crippen molar-refractivity contribution in [2.24, 2.45) is 0 Å². The Kier molecular flexibility index (Phi) is 10.0. The number of carbonyl (C=O) groups is 2. The first-order valence-corrected chi connectivity index (χ1v) is 13.3. The molecule has 2 aromatic carbocycles. The minimum absolute atomic E-state index is 0.0423. The molecule has 192 valence electrons. The highest BCUT2D eigenvalue weighted by molar-refractivity contribution is 7.92. The van der Waals surface area contributed by atoms with Crippen LogP contribution < -0.4 is 9.62 Å². The van der Waals surface area contributed by atoms with Crippen LogP contribution in [0, 0.1) is 11.6 Å². The second-order valence-electron chi connectivity index (χ2n) is 8.53. The normalized spacial score (nSPS) is 12.3. The van der Waals surface area contributed by atoms with E-state index in [9.17, 15) is 26.8 Å². The Labute approximate surface area is 210 Å². The molecule has 0 aliphatic rings. The van der Waals surface area contributed by atoms with Crippen LogP contribution in [0.2, 0.25) is 5.02 Å². The second-order valence-corrected chi connectivity index (χ2v) is 10.9. The van der Waals surface area contributed by atoms with Gasteiger partial charge in [0.15, 0.2) is 11.6 Å². The highest BCUT2D eigenvalue weighted by atomic mass is 35.5. The lowest BCUT2D eigenvalue weighted by Crippen LogP contribution is -2.49. The number of benzene rings is 2. The Morgan fingerprint density at radius 3 is 2.31 bits per heavy atom. The molecule has 7 nitrogen and oxygen atoms in total. The van der Waals surface area contributed by atoms with E-state index >= 15 is 0 Å². The van der Waals surface area contributed by atoms with Gasteiger partial charge in [-0.1, -0.05) is 23.7 Å². The van der Waals surface area contributed by atoms with Gasteiger partial charge in [0.25, 0.3) is 0 Å². The fourth-order valence-corrected chi connectivity index (χ4v) is 4.63. The minimum Gasteiger partial charge on any atom is -0.352 e. The van der Waals surface area contributed by atoms with Crippen LogP contribution >= 0.6 is 11.6 Å². The number of carbonyl (C=O) groups excluding carboxylic acids is 2. The van der Waals surface area contributed by atoms with Gasteiger partial charge in [0, 0.05) is 36.6 Å². The molecule has 2 amide bonds. The number of sulfonamides is 1. The van der Waals surface area contributed by atoms with Gasteiger partial charge < -0.3 is 10.2 Å². The third kappa shape index (κ3) is 8.47. The molecular weight excluding hydrogens is 500 g/mol. The van der Waals surface area contributed by atoms with Gasteiger partial charge in [-0.05, 0) is 57.0 Å². The van der Waals surface area contributed by atoms with Gasteiger partial charge in [0.1, 0.15) is 6.04 Å². The number of rotatable bonds is 11. The molecule has 0 spiro atoms. The first-order chi connectivity index (χ1) is 16.3. The molecule has 1 N–H and O–H groups in total. The predicted octanol–water partition coefficient (Wildman–Crippen LogP) is 4.11. The average molecular weight is 530 g/mol. The first kappa shape index (κ1) is 28.5. The number of nitrogens with zero attached hydrogens (tertiary/aromatic N) is 2. The topological polar surface area (TPSA) is 86.8 Å². The van der Waals surface area contributed by atoms with Crippen LogP contribution in [0.1, 0.15) is 39.2 Å². The molecule has 0 aliphatic heterocycles. The van der Waals surface area contributed by atoms with Crippen LogP contribution in [0.15, 0.2) is 42.5 Å². The second kappa shape index (κ2) is 12.3. The summed E-state index contributed by atoms with van der Waals surface area (Å²) in [5.74, 6) is -2.96. The molecule has 0 saturated heterocycles. The van der Waals surface area contributed by atoms with Crippen molar-refractivity contribution in [3.8, 4) is 0 Å². The van der Waals surface area contributed by atoms with Gasteiger partial charge in [-0.2, -0.15) is 0 Å². The molecule has 0 fully saturated rings. The van der Waals surface area contributed by atoms with Crippen molar-refractivity contribution >= 4 is 39.1 Å². The summed E-state index contributed by atoms with van der Waals surface area (Å²) >= 11 is 6.06. The lowest BCUT2D eigenvalue weighted by Gasteiger charge is -2.30. The molecule has 0 heterocycles. The van der Waals surface area contributed by atoms with Gasteiger partial charge in [0.05, 0.1) is 11.9 Å². The van der Waals surface area contributed by atoms with E-state index in [1.165, 1.54) is 4.90 Å². The van der Waals surface area contributed by atoms with Crippen LogP contribution in [-0.4, -0.2) is 50.0 Å². The SMILES string of the molecule is CC(C)NC(=O)[C@@H](C)N(Cc1cccc(Cl)c1)C(=O)CCCN(c1ccc(F)c(F)c1)S(C)(=O)=O. The molecule has 0 aromatic heterocycles. The van der Waals surface area contributed by atoms with Crippen molar-refractivity contribution in [3.05, 3.63) is 64.7 Å². The summed E-state index contributed by atoms with van der Waals surface area (Å²) in [6.45, 7) is 5.24. The summed E-state index contributed by atoms with van der Waals surface area (Å²) in [5, 5.41) is 3.28. The highest BCUT2D eigenvalue weighted by Gasteiger charge is 2.27. The molecular formula is C24H30ClF2N3O4S. The van der Waals surface area contributed by atoms with Crippen LogP contribution in [0.3, 0.4) is 0 Å². The van der Waals surface area contributed by atoms with Crippen molar-refractivity contribution in [2.75, 3.05) is 17.1 Å². The summed E-state index contributed by atoms with van der Waals surface area (Å²) in [5.41, 5.74) is 0.689. The molecule has 0 bridgehead atoms.